The lowest BCUT2D eigenvalue weighted by molar-refractivity contribution is 0.211. The molecule has 2 atom stereocenters. The monoisotopic (exact) mass is 463 g/mol. The van der Waals surface area contributed by atoms with Gasteiger partial charge in [0.2, 0.25) is 0 Å². The van der Waals surface area contributed by atoms with Crippen LogP contribution in [0.4, 0.5) is 0 Å². The van der Waals surface area contributed by atoms with E-state index in [9.17, 15) is 0 Å². The number of nitrogens with one attached hydrogen (secondary N) is 1. The van der Waals surface area contributed by atoms with E-state index in [1.54, 1.807) is 0 Å². The van der Waals surface area contributed by atoms with Gasteiger partial charge in [-0.1, -0.05) is 41.1 Å². The number of nitrogens with zero attached hydrogens (tertiary/aromatic N) is 2. The number of guanidine groups is 1. The molecule has 5 heteroatoms. The molecule has 1 N–H and O–H groups in total. The van der Waals surface area contributed by atoms with E-state index in [0.29, 0.717) is 6.04 Å². The van der Waals surface area contributed by atoms with Gasteiger partial charge in [0.25, 0.3) is 0 Å². The van der Waals surface area contributed by atoms with E-state index in [2.05, 4.69) is 58.2 Å². The van der Waals surface area contributed by atoms with Crippen molar-refractivity contribution in [3.8, 4) is 0 Å². The molecule has 2 unspecified atom stereocenters. The Morgan fingerprint density at radius 2 is 2.19 bits per heavy atom. The Labute approximate surface area is 152 Å². The zero-order chi connectivity index (χ0) is 14.1. The Balaban J connectivity index is 0.00000161. The fourth-order valence-electron chi connectivity index (χ4n) is 3.12. The Bertz CT molecular complexity index is 532. The standard InChI is InChI=1S/C16H22BrN3.HI/c1-11-6-7-14-9-19-16(20(14)10-11)18-8-13-5-3-4-12(2)15(13)17;/h3-5,11,14H,6-10H2,1-2H3,(H,18,19);1H. The van der Waals surface area contributed by atoms with Crippen LogP contribution in [-0.4, -0.2) is 30.0 Å². The van der Waals surface area contributed by atoms with Crippen LogP contribution in [0.3, 0.4) is 0 Å². The van der Waals surface area contributed by atoms with E-state index < -0.39 is 0 Å². The molecular formula is C16H23BrIN3. The molecule has 1 fully saturated rings. The number of piperidine rings is 1. The summed E-state index contributed by atoms with van der Waals surface area (Å²) < 4.78 is 1.20. The largest absolute Gasteiger partial charge is 0.352 e. The van der Waals surface area contributed by atoms with Crippen molar-refractivity contribution in [2.75, 3.05) is 13.1 Å². The quantitative estimate of drug-likeness (QED) is 0.672. The molecule has 0 saturated carbocycles. The molecule has 3 rings (SSSR count). The summed E-state index contributed by atoms with van der Waals surface area (Å²) in [5.74, 6) is 1.87. The summed E-state index contributed by atoms with van der Waals surface area (Å²) in [6, 6.07) is 7.03. The molecule has 0 aromatic heterocycles. The fraction of sp³-hybridized carbons (Fsp3) is 0.562. The summed E-state index contributed by atoms with van der Waals surface area (Å²) in [5.41, 5.74) is 2.57. The lowest BCUT2D eigenvalue weighted by Gasteiger charge is -2.35. The number of rotatable bonds is 2. The van der Waals surface area contributed by atoms with Crippen LogP contribution in [-0.2, 0) is 6.54 Å². The smallest absolute Gasteiger partial charge is 0.194 e. The summed E-state index contributed by atoms with van der Waals surface area (Å²) in [4.78, 5) is 7.17. The van der Waals surface area contributed by atoms with Crippen LogP contribution in [0.2, 0.25) is 0 Å². The molecule has 21 heavy (non-hydrogen) atoms. The molecule has 0 spiro atoms. The Morgan fingerprint density at radius 1 is 1.38 bits per heavy atom. The first-order valence-electron chi connectivity index (χ1n) is 7.44. The topological polar surface area (TPSA) is 27.6 Å². The second-order valence-electron chi connectivity index (χ2n) is 6.05. The van der Waals surface area contributed by atoms with Gasteiger partial charge in [0.15, 0.2) is 5.96 Å². The summed E-state index contributed by atoms with van der Waals surface area (Å²) in [6.45, 7) is 7.40. The summed E-state index contributed by atoms with van der Waals surface area (Å²) in [5, 5.41) is 3.53. The Hall–Kier alpha value is -0.300. The number of fused-ring (bicyclic) bond motifs is 1. The first-order chi connectivity index (χ1) is 9.65. The minimum absolute atomic E-state index is 0. The van der Waals surface area contributed by atoms with Gasteiger partial charge in [0.1, 0.15) is 0 Å². The minimum Gasteiger partial charge on any atom is -0.352 e. The highest BCUT2D eigenvalue weighted by atomic mass is 127. The van der Waals surface area contributed by atoms with Crippen molar-refractivity contribution in [2.45, 2.75) is 39.3 Å². The average Bonchev–Trinajstić information content (AvgIpc) is 2.83. The normalized spacial score (nSPS) is 24.1. The molecule has 1 saturated heterocycles. The molecule has 2 aliphatic heterocycles. The SMILES string of the molecule is Cc1cccc(CNC2=NCC3CCC(C)CN23)c1Br.I. The number of aliphatic imine (C=N–C) groups is 1. The lowest BCUT2D eigenvalue weighted by Crippen LogP contribution is -2.48. The third kappa shape index (κ3) is 3.73. The van der Waals surface area contributed by atoms with Gasteiger partial charge in [-0.25, -0.2) is 0 Å². The molecule has 3 nitrogen and oxygen atoms in total. The van der Waals surface area contributed by atoms with Crippen LogP contribution < -0.4 is 5.32 Å². The van der Waals surface area contributed by atoms with Gasteiger partial charge >= 0.3 is 0 Å². The predicted molar refractivity (Wildman–Crippen MR) is 102 cm³/mol. The maximum absolute atomic E-state index is 4.70. The van der Waals surface area contributed by atoms with Gasteiger partial charge in [0.05, 0.1) is 12.6 Å². The highest BCUT2D eigenvalue weighted by Crippen LogP contribution is 2.26. The summed E-state index contributed by atoms with van der Waals surface area (Å²) >= 11 is 3.67. The van der Waals surface area contributed by atoms with E-state index in [-0.39, 0.29) is 24.0 Å². The van der Waals surface area contributed by atoms with Gasteiger partial charge < -0.3 is 10.2 Å². The first-order valence-corrected chi connectivity index (χ1v) is 8.23. The van der Waals surface area contributed by atoms with Crippen LogP contribution in [0.15, 0.2) is 27.7 Å². The van der Waals surface area contributed by atoms with E-state index in [0.717, 1.165) is 31.5 Å². The zero-order valence-corrected chi connectivity index (χ0v) is 16.5. The third-order valence-corrected chi connectivity index (χ3v) is 5.51. The minimum atomic E-state index is 0. The molecule has 0 amide bonds. The van der Waals surface area contributed by atoms with Crippen molar-refractivity contribution in [1.82, 2.24) is 10.2 Å². The van der Waals surface area contributed by atoms with Crippen LogP contribution >= 0.6 is 39.9 Å². The molecule has 2 heterocycles. The van der Waals surface area contributed by atoms with Crippen molar-refractivity contribution >= 4 is 45.9 Å². The number of halogens is 2. The van der Waals surface area contributed by atoms with Crippen LogP contribution in [0, 0.1) is 12.8 Å². The number of hydrogen-bond donors (Lipinski definition) is 1. The van der Waals surface area contributed by atoms with E-state index in [4.69, 9.17) is 4.99 Å². The molecule has 0 aliphatic carbocycles. The second kappa shape index (κ2) is 7.31. The molecule has 2 aliphatic rings. The first kappa shape index (κ1) is 17.1. The summed E-state index contributed by atoms with van der Waals surface area (Å²) in [7, 11) is 0. The van der Waals surface area contributed by atoms with E-state index in [1.165, 1.54) is 28.4 Å². The van der Waals surface area contributed by atoms with Gasteiger partial charge in [-0.3, -0.25) is 4.99 Å². The van der Waals surface area contributed by atoms with Gasteiger partial charge in [-0.2, -0.15) is 0 Å². The Morgan fingerprint density at radius 3 is 3.00 bits per heavy atom. The van der Waals surface area contributed by atoms with Crippen LogP contribution in [0.1, 0.15) is 30.9 Å². The zero-order valence-electron chi connectivity index (χ0n) is 12.6. The lowest BCUT2D eigenvalue weighted by atomic mass is 9.95. The van der Waals surface area contributed by atoms with Gasteiger partial charge in [-0.05, 0) is 36.8 Å². The second-order valence-corrected chi connectivity index (χ2v) is 6.85. The number of benzene rings is 1. The highest BCUT2D eigenvalue weighted by molar-refractivity contribution is 14.0. The fourth-order valence-corrected chi connectivity index (χ4v) is 3.52. The van der Waals surface area contributed by atoms with Crippen molar-refractivity contribution < 1.29 is 0 Å². The molecule has 0 radical (unpaired) electrons. The van der Waals surface area contributed by atoms with Crippen molar-refractivity contribution in [1.29, 1.82) is 0 Å². The maximum Gasteiger partial charge on any atom is 0.194 e. The Kier molecular flexibility index (Phi) is 5.94. The van der Waals surface area contributed by atoms with E-state index >= 15 is 0 Å². The highest BCUT2D eigenvalue weighted by Gasteiger charge is 2.32. The van der Waals surface area contributed by atoms with Crippen LogP contribution in [0.25, 0.3) is 0 Å². The average molecular weight is 464 g/mol. The number of aryl methyl sites for hydroxylation is 1. The number of hydrogen-bond acceptors (Lipinski definition) is 3. The molecule has 0 bridgehead atoms. The van der Waals surface area contributed by atoms with Gasteiger partial charge in [-0.15, -0.1) is 24.0 Å². The predicted octanol–water partition coefficient (Wildman–Crippen LogP) is 3.94. The van der Waals surface area contributed by atoms with E-state index in [1.807, 2.05) is 0 Å². The van der Waals surface area contributed by atoms with Crippen molar-refractivity contribution in [3.05, 3.63) is 33.8 Å². The van der Waals surface area contributed by atoms with Gasteiger partial charge in [0, 0.05) is 17.6 Å². The van der Waals surface area contributed by atoms with Crippen molar-refractivity contribution in [3.63, 3.8) is 0 Å². The maximum atomic E-state index is 4.70. The molecule has 116 valence electrons. The molecular weight excluding hydrogens is 441 g/mol. The summed E-state index contributed by atoms with van der Waals surface area (Å²) in [6.07, 6.45) is 2.62. The van der Waals surface area contributed by atoms with Crippen molar-refractivity contribution in [2.24, 2.45) is 10.9 Å². The third-order valence-electron chi connectivity index (χ3n) is 4.37. The molecule has 1 aromatic rings. The molecule has 1 aromatic carbocycles. The van der Waals surface area contributed by atoms with Crippen LogP contribution in [0.5, 0.6) is 0 Å².